The summed E-state index contributed by atoms with van der Waals surface area (Å²) in [6.45, 7) is 7.02. The molecule has 0 fully saturated rings. The van der Waals surface area contributed by atoms with Gasteiger partial charge in [-0.2, -0.15) is 4.98 Å². The van der Waals surface area contributed by atoms with E-state index in [4.69, 9.17) is 4.52 Å². The lowest BCUT2D eigenvalue weighted by Crippen LogP contribution is -2.36. The predicted molar refractivity (Wildman–Crippen MR) is 110 cm³/mol. The molecule has 0 saturated heterocycles. The largest absolute Gasteiger partial charge is 0.357 e. The van der Waals surface area contributed by atoms with Crippen molar-refractivity contribution in [1.82, 2.24) is 20.8 Å². The van der Waals surface area contributed by atoms with Crippen LogP contribution in [0.25, 0.3) is 0 Å². The van der Waals surface area contributed by atoms with Crippen molar-refractivity contribution in [3.63, 3.8) is 0 Å². The van der Waals surface area contributed by atoms with Gasteiger partial charge in [-0.3, -0.25) is 0 Å². The number of halogens is 1. The van der Waals surface area contributed by atoms with Crippen molar-refractivity contribution < 1.29 is 12.9 Å². The average Bonchev–Trinajstić information content (AvgIpc) is 2.94. The molecule has 2 aromatic rings. The molecule has 0 aliphatic carbocycles. The molecule has 144 valence electrons. The van der Waals surface area contributed by atoms with Crippen molar-refractivity contribution in [2.75, 3.05) is 12.8 Å². The molecule has 2 N–H and O–H groups in total. The van der Waals surface area contributed by atoms with Crippen LogP contribution in [0.15, 0.2) is 32.6 Å². The Bertz CT molecular complexity index is 865. The third kappa shape index (κ3) is 6.56. The fraction of sp³-hybridized carbons (Fsp3) is 0.438. The van der Waals surface area contributed by atoms with E-state index in [2.05, 4.69) is 25.8 Å². The van der Waals surface area contributed by atoms with Crippen molar-refractivity contribution in [1.29, 1.82) is 0 Å². The fourth-order valence-electron chi connectivity index (χ4n) is 2.31. The van der Waals surface area contributed by atoms with Gasteiger partial charge in [-0.05, 0) is 38.0 Å². The first-order valence-electron chi connectivity index (χ1n) is 7.90. The molecule has 0 aliphatic heterocycles. The number of benzene rings is 1. The molecule has 0 radical (unpaired) electrons. The smallest absolute Gasteiger partial charge is 0.246 e. The van der Waals surface area contributed by atoms with Gasteiger partial charge in [-0.15, -0.1) is 24.0 Å². The summed E-state index contributed by atoms with van der Waals surface area (Å²) in [6, 6.07) is 5.24. The van der Waals surface area contributed by atoms with E-state index in [0.717, 1.165) is 11.1 Å². The fourth-order valence-corrected chi connectivity index (χ4v) is 3.27. The average molecular weight is 493 g/mol. The molecule has 0 amide bonds. The minimum absolute atomic E-state index is 0. The van der Waals surface area contributed by atoms with Crippen molar-refractivity contribution in [3.05, 3.63) is 41.0 Å². The minimum Gasteiger partial charge on any atom is -0.357 e. The lowest BCUT2D eigenvalue weighted by Gasteiger charge is -2.10. The zero-order valence-electron chi connectivity index (χ0n) is 15.2. The molecule has 10 heteroatoms. The Labute approximate surface area is 170 Å². The minimum atomic E-state index is -3.21. The van der Waals surface area contributed by atoms with Crippen LogP contribution in [0.2, 0.25) is 0 Å². The summed E-state index contributed by atoms with van der Waals surface area (Å²) < 4.78 is 28.4. The Hall–Kier alpha value is -1.69. The third-order valence-corrected chi connectivity index (χ3v) is 4.64. The third-order valence-electron chi connectivity index (χ3n) is 3.38. The van der Waals surface area contributed by atoms with Gasteiger partial charge >= 0.3 is 0 Å². The second kappa shape index (κ2) is 9.86. The molecule has 1 aromatic carbocycles. The summed E-state index contributed by atoms with van der Waals surface area (Å²) in [7, 11) is -3.21. The Morgan fingerprint density at radius 1 is 1.27 bits per heavy atom. The summed E-state index contributed by atoms with van der Waals surface area (Å²) in [5, 5.41) is 9.99. The topological polar surface area (TPSA) is 109 Å². The lowest BCUT2D eigenvalue weighted by molar-refractivity contribution is 0.371. The number of hydrogen-bond acceptors (Lipinski definition) is 6. The van der Waals surface area contributed by atoms with E-state index in [9.17, 15) is 8.42 Å². The van der Waals surface area contributed by atoms with Gasteiger partial charge in [0.2, 0.25) is 5.89 Å². The summed E-state index contributed by atoms with van der Waals surface area (Å²) in [5.74, 6) is 1.68. The van der Waals surface area contributed by atoms with Gasteiger partial charge in [-0.1, -0.05) is 17.3 Å². The first kappa shape index (κ1) is 22.4. The molecule has 0 aliphatic rings. The van der Waals surface area contributed by atoms with E-state index in [-0.39, 0.29) is 24.0 Å². The normalized spacial score (nSPS) is 11.8. The highest BCUT2D eigenvalue weighted by atomic mass is 127. The monoisotopic (exact) mass is 493 g/mol. The summed E-state index contributed by atoms with van der Waals surface area (Å²) in [5.41, 5.74) is 1.64. The number of aryl methyl sites for hydroxylation is 2. The Balaban J connectivity index is 0.00000338. The van der Waals surface area contributed by atoms with E-state index in [1.807, 2.05) is 13.0 Å². The molecule has 0 unspecified atom stereocenters. The summed E-state index contributed by atoms with van der Waals surface area (Å²) >= 11 is 0. The number of hydrogen-bond donors (Lipinski definition) is 2. The molecule has 1 heterocycles. The van der Waals surface area contributed by atoms with Crippen molar-refractivity contribution in [2.24, 2.45) is 4.99 Å². The molecular weight excluding hydrogens is 469 g/mol. The number of sulfone groups is 1. The molecule has 0 saturated carbocycles. The van der Waals surface area contributed by atoms with Crippen LogP contribution >= 0.6 is 24.0 Å². The first-order chi connectivity index (χ1) is 11.8. The number of aliphatic imine (C=N–C) groups is 1. The van der Waals surface area contributed by atoms with E-state index >= 15 is 0 Å². The zero-order valence-corrected chi connectivity index (χ0v) is 18.4. The van der Waals surface area contributed by atoms with Crippen LogP contribution in [0.3, 0.4) is 0 Å². The van der Waals surface area contributed by atoms with Crippen LogP contribution in [-0.2, 0) is 22.9 Å². The van der Waals surface area contributed by atoms with Gasteiger partial charge in [0.05, 0.1) is 18.0 Å². The van der Waals surface area contributed by atoms with E-state index in [1.54, 1.807) is 26.0 Å². The first-order valence-corrected chi connectivity index (χ1v) is 9.79. The molecule has 8 nitrogen and oxygen atoms in total. The zero-order chi connectivity index (χ0) is 18.4. The quantitative estimate of drug-likeness (QED) is 0.360. The van der Waals surface area contributed by atoms with Crippen LogP contribution in [0, 0.1) is 13.8 Å². The van der Waals surface area contributed by atoms with Crippen LogP contribution < -0.4 is 10.6 Å². The Morgan fingerprint density at radius 3 is 2.54 bits per heavy atom. The molecule has 1 aromatic heterocycles. The summed E-state index contributed by atoms with van der Waals surface area (Å²) in [6.07, 6.45) is 1.21. The maximum atomic E-state index is 11.7. The molecule has 2 rings (SSSR count). The molecule has 26 heavy (non-hydrogen) atoms. The highest BCUT2D eigenvalue weighted by Crippen LogP contribution is 2.17. The second-order valence-electron chi connectivity index (χ2n) is 5.66. The highest BCUT2D eigenvalue weighted by Gasteiger charge is 2.11. The number of rotatable bonds is 6. The second-order valence-corrected chi connectivity index (χ2v) is 7.64. The number of nitrogens with zero attached hydrogens (tertiary/aromatic N) is 3. The van der Waals surface area contributed by atoms with E-state index in [0.29, 0.717) is 42.2 Å². The van der Waals surface area contributed by atoms with Crippen LogP contribution in [-0.4, -0.2) is 37.3 Å². The van der Waals surface area contributed by atoms with Crippen molar-refractivity contribution >= 4 is 39.8 Å². The van der Waals surface area contributed by atoms with Crippen LogP contribution in [0.4, 0.5) is 0 Å². The number of aromatic nitrogens is 2. The van der Waals surface area contributed by atoms with Gasteiger partial charge in [0.25, 0.3) is 0 Å². The summed E-state index contributed by atoms with van der Waals surface area (Å²) in [4.78, 5) is 8.96. The number of nitrogens with one attached hydrogen (secondary N) is 2. The Kier molecular flexibility index (Phi) is 8.47. The van der Waals surface area contributed by atoms with Gasteiger partial charge in [-0.25, -0.2) is 13.4 Å². The van der Waals surface area contributed by atoms with Gasteiger partial charge in [0, 0.05) is 12.8 Å². The number of guanidine groups is 1. The van der Waals surface area contributed by atoms with Crippen molar-refractivity contribution in [2.45, 2.75) is 38.8 Å². The van der Waals surface area contributed by atoms with Crippen molar-refractivity contribution in [3.8, 4) is 0 Å². The van der Waals surface area contributed by atoms with Crippen LogP contribution in [0.5, 0.6) is 0 Å². The molecular formula is C16H24IN5O3S. The van der Waals surface area contributed by atoms with Gasteiger partial charge in [0.15, 0.2) is 21.6 Å². The van der Waals surface area contributed by atoms with E-state index in [1.165, 1.54) is 6.26 Å². The molecule has 0 spiro atoms. The lowest BCUT2D eigenvalue weighted by atomic mass is 10.1. The van der Waals surface area contributed by atoms with Crippen LogP contribution in [0.1, 0.15) is 29.8 Å². The maximum absolute atomic E-state index is 11.7. The van der Waals surface area contributed by atoms with Gasteiger partial charge in [0.1, 0.15) is 0 Å². The highest BCUT2D eigenvalue weighted by molar-refractivity contribution is 14.0. The predicted octanol–water partition coefficient (Wildman–Crippen LogP) is 1.96. The SMILES string of the molecule is CCNC(=NCc1ccc(S(C)(=O)=O)c(C)c1)NCc1nc(C)no1.I. The molecule has 0 bridgehead atoms. The Morgan fingerprint density at radius 2 is 2.00 bits per heavy atom. The molecule has 0 atom stereocenters. The van der Waals surface area contributed by atoms with Gasteiger partial charge < -0.3 is 15.2 Å². The van der Waals surface area contributed by atoms with E-state index < -0.39 is 9.84 Å². The maximum Gasteiger partial charge on any atom is 0.246 e. The standard InChI is InChI=1S/C16H23N5O3S.HI/c1-5-17-16(19-10-15-20-12(3)21-24-15)18-9-13-6-7-14(11(2)8-13)25(4,22)23;/h6-8H,5,9-10H2,1-4H3,(H2,17,18,19);1H.